The lowest BCUT2D eigenvalue weighted by atomic mass is 9.97. The average Bonchev–Trinajstić information content (AvgIpc) is 2.30. The molecule has 1 aromatic carbocycles. The van der Waals surface area contributed by atoms with Gasteiger partial charge in [-0.2, -0.15) is 5.26 Å². The summed E-state index contributed by atoms with van der Waals surface area (Å²) in [4.78, 5) is 11.5. The Morgan fingerprint density at radius 3 is 2.65 bits per heavy atom. The molecule has 0 saturated carbocycles. The van der Waals surface area contributed by atoms with E-state index in [1.54, 1.807) is 6.92 Å². The highest BCUT2D eigenvalue weighted by atomic mass is 16.5. The van der Waals surface area contributed by atoms with Gasteiger partial charge in [0.05, 0.1) is 12.7 Å². The maximum absolute atomic E-state index is 11.5. The number of esters is 1. The van der Waals surface area contributed by atoms with Crippen LogP contribution in [-0.4, -0.2) is 12.6 Å². The zero-order chi connectivity index (χ0) is 12.8. The van der Waals surface area contributed by atoms with Crippen molar-refractivity contribution in [3.05, 3.63) is 34.9 Å². The van der Waals surface area contributed by atoms with Crippen LogP contribution >= 0.6 is 0 Å². The van der Waals surface area contributed by atoms with Crippen molar-refractivity contribution < 1.29 is 9.53 Å². The molecule has 0 saturated heterocycles. The topological polar surface area (TPSA) is 50.1 Å². The van der Waals surface area contributed by atoms with Crippen molar-refractivity contribution in [3.8, 4) is 6.07 Å². The van der Waals surface area contributed by atoms with Crippen LogP contribution < -0.4 is 0 Å². The summed E-state index contributed by atoms with van der Waals surface area (Å²) in [5.74, 6) is -1.15. The first-order valence-corrected chi connectivity index (χ1v) is 5.70. The first-order valence-electron chi connectivity index (χ1n) is 5.70. The molecule has 0 radical (unpaired) electrons. The average molecular weight is 231 g/mol. The van der Waals surface area contributed by atoms with Crippen LogP contribution in [0.4, 0.5) is 0 Å². The third-order valence-corrected chi connectivity index (χ3v) is 2.74. The summed E-state index contributed by atoms with van der Waals surface area (Å²) in [6.07, 6.45) is 0.413. The maximum atomic E-state index is 11.5. The number of nitriles is 1. The Morgan fingerprint density at radius 2 is 2.12 bits per heavy atom. The zero-order valence-electron chi connectivity index (χ0n) is 10.5. The SMILES string of the molecule is CCOC(=O)C(C#N)Cc1ccc(C)c(C)c1. The molecule has 1 aromatic rings. The molecule has 0 aromatic heterocycles. The smallest absolute Gasteiger partial charge is 0.323 e. The monoisotopic (exact) mass is 231 g/mol. The van der Waals surface area contributed by atoms with Crippen molar-refractivity contribution in [3.63, 3.8) is 0 Å². The first-order chi connectivity index (χ1) is 8.08. The molecule has 0 heterocycles. The first kappa shape index (κ1) is 13.2. The standard InChI is InChI=1S/C14H17NO2/c1-4-17-14(16)13(9-15)8-12-6-5-10(2)11(3)7-12/h5-7,13H,4,8H2,1-3H3. The molecule has 1 unspecified atom stereocenters. The fraction of sp³-hybridized carbons (Fsp3) is 0.429. The minimum absolute atomic E-state index is 0.309. The van der Waals surface area contributed by atoms with Gasteiger partial charge in [0.25, 0.3) is 0 Å². The van der Waals surface area contributed by atoms with Gasteiger partial charge in [0, 0.05) is 0 Å². The van der Waals surface area contributed by atoms with Gasteiger partial charge in [0.1, 0.15) is 5.92 Å². The van der Waals surface area contributed by atoms with Gasteiger partial charge >= 0.3 is 5.97 Å². The molecule has 0 N–H and O–H groups in total. The number of benzene rings is 1. The molecule has 0 aliphatic rings. The molecule has 0 aliphatic carbocycles. The van der Waals surface area contributed by atoms with Gasteiger partial charge in [-0.1, -0.05) is 18.2 Å². The Hall–Kier alpha value is -1.82. The van der Waals surface area contributed by atoms with Gasteiger partial charge < -0.3 is 4.74 Å². The Balaban J connectivity index is 2.78. The van der Waals surface area contributed by atoms with E-state index in [9.17, 15) is 4.79 Å². The maximum Gasteiger partial charge on any atom is 0.323 e. The highest BCUT2D eigenvalue weighted by molar-refractivity contribution is 5.75. The predicted octanol–water partition coefficient (Wildman–Crippen LogP) is 2.55. The molecule has 90 valence electrons. The second-order valence-electron chi connectivity index (χ2n) is 4.06. The van der Waals surface area contributed by atoms with Crippen LogP contribution in [0.15, 0.2) is 18.2 Å². The summed E-state index contributed by atoms with van der Waals surface area (Å²) in [5.41, 5.74) is 3.37. The predicted molar refractivity (Wildman–Crippen MR) is 65.4 cm³/mol. The fourth-order valence-corrected chi connectivity index (χ4v) is 1.59. The van der Waals surface area contributed by atoms with E-state index < -0.39 is 11.9 Å². The largest absolute Gasteiger partial charge is 0.465 e. The minimum Gasteiger partial charge on any atom is -0.465 e. The highest BCUT2D eigenvalue weighted by Crippen LogP contribution is 2.14. The number of hydrogen-bond donors (Lipinski definition) is 0. The van der Waals surface area contributed by atoms with Gasteiger partial charge in [-0.3, -0.25) is 4.79 Å². The van der Waals surface area contributed by atoms with Crippen molar-refractivity contribution in [2.75, 3.05) is 6.61 Å². The van der Waals surface area contributed by atoms with E-state index in [1.165, 1.54) is 11.1 Å². The molecule has 0 aliphatic heterocycles. The molecule has 3 heteroatoms. The van der Waals surface area contributed by atoms with E-state index >= 15 is 0 Å². The Labute approximate surface area is 102 Å². The van der Waals surface area contributed by atoms with Crippen LogP contribution in [0.2, 0.25) is 0 Å². The molecular weight excluding hydrogens is 214 g/mol. The van der Waals surface area contributed by atoms with Gasteiger partial charge in [0.2, 0.25) is 0 Å². The van der Waals surface area contributed by atoms with Crippen molar-refractivity contribution in [2.45, 2.75) is 27.2 Å². The summed E-state index contributed by atoms with van der Waals surface area (Å²) in [5, 5.41) is 8.96. The molecular formula is C14H17NO2. The molecule has 0 spiro atoms. The number of ether oxygens (including phenoxy) is 1. The summed E-state index contributed by atoms with van der Waals surface area (Å²) in [7, 11) is 0. The van der Waals surface area contributed by atoms with Crippen LogP contribution in [0, 0.1) is 31.1 Å². The van der Waals surface area contributed by atoms with Gasteiger partial charge in [-0.05, 0) is 43.9 Å². The number of rotatable bonds is 4. The van der Waals surface area contributed by atoms with Crippen LogP contribution in [0.3, 0.4) is 0 Å². The highest BCUT2D eigenvalue weighted by Gasteiger charge is 2.19. The normalized spacial score (nSPS) is 11.6. The van der Waals surface area contributed by atoms with E-state index in [0.29, 0.717) is 13.0 Å². The number of carbonyl (C=O) groups is 1. The molecule has 3 nitrogen and oxygen atoms in total. The molecule has 1 atom stereocenters. The molecule has 17 heavy (non-hydrogen) atoms. The second-order valence-corrected chi connectivity index (χ2v) is 4.06. The van der Waals surface area contributed by atoms with Gasteiger partial charge in [-0.15, -0.1) is 0 Å². The van der Waals surface area contributed by atoms with E-state index in [4.69, 9.17) is 10.00 Å². The number of carbonyl (C=O) groups excluding carboxylic acids is 1. The summed E-state index contributed by atoms with van der Waals surface area (Å²) in [6, 6.07) is 7.96. The van der Waals surface area contributed by atoms with Crippen molar-refractivity contribution >= 4 is 5.97 Å². The lowest BCUT2D eigenvalue weighted by molar-refractivity contribution is -0.145. The van der Waals surface area contributed by atoms with Crippen LogP contribution in [-0.2, 0) is 16.0 Å². The van der Waals surface area contributed by atoms with Crippen LogP contribution in [0.5, 0.6) is 0 Å². The van der Waals surface area contributed by atoms with Crippen molar-refractivity contribution in [2.24, 2.45) is 5.92 Å². The minimum atomic E-state index is -0.711. The molecule has 1 rings (SSSR count). The number of aryl methyl sites for hydroxylation is 2. The lowest BCUT2D eigenvalue weighted by Gasteiger charge is -2.09. The van der Waals surface area contributed by atoms with Gasteiger partial charge in [0.15, 0.2) is 0 Å². The fourth-order valence-electron chi connectivity index (χ4n) is 1.59. The second kappa shape index (κ2) is 6.05. The van der Waals surface area contributed by atoms with E-state index in [2.05, 4.69) is 0 Å². The van der Waals surface area contributed by atoms with E-state index in [0.717, 1.165) is 5.56 Å². The molecule has 0 amide bonds. The van der Waals surface area contributed by atoms with Crippen LogP contribution in [0.1, 0.15) is 23.6 Å². The number of hydrogen-bond acceptors (Lipinski definition) is 3. The Morgan fingerprint density at radius 1 is 1.41 bits per heavy atom. The molecule has 0 bridgehead atoms. The van der Waals surface area contributed by atoms with Crippen molar-refractivity contribution in [1.29, 1.82) is 5.26 Å². The van der Waals surface area contributed by atoms with E-state index in [-0.39, 0.29) is 0 Å². The van der Waals surface area contributed by atoms with Crippen LogP contribution in [0.25, 0.3) is 0 Å². The quantitative estimate of drug-likeness (QED) is 0.748. The Kier molecular flexibility index (Phi) is 4.71. The lowest BCUT2D eigenvalue weighted by Crippen LogP contribution is -2.18. The summed E-state index contributed by atoms with van der Waals surface area (Å²) < 4.78 is 4.86. The summed E-state index contributed by atoms with van der Waals surface area (Å²) >= 11 is 0. The van der Waals surface area contributed by atoms with Crippen molar-refractivity contribution in [1.82, 2.24) is 0 Å². The zero-order valence-corrected chi connectivity index (χ0v) is 10.5. The number of nitrogens with zero attached hydrogens (tertiary/aromatic N) is 1. The third kappa shape index (κ3) is 3.60. The Bertz CT molecular complexity index is 446. The third-order valence-electron chi connectivity index (χ3n) is 2.74. The molecule has 0 fully saturated rings. The van der Waals surface area contributed by atoms with E-state index in [1.807, 2.05) is 38.1 Å². The van der Waals surface area contributed by atoms with Gasteiger partial charge in [-0.25, -0.2) is 0 Å². The summed E-state index contributed by atoms with van der Waals surface area (Å²) in [6.45, 7) is 6.10.